The van der Waals surface area contributed by atoms with Crippen molar-refractivity contribution in [3.63, 3.8) is 0 Å². The van der Waals surface area contributed by atoms with Gasteiger partial charge >= 0.3 is 5.97 Å². The average Bonchev–Trinajstić information content (AvgIpc) is 2.93. The summed E-state index contributed by atoms with van der Waals surface area (Å²) >= 11 is 0. The van der Waals surface area contributed by atoms with Crippen LogP contribution in [-0.4, -0.2) is 32.8 Å². The minimum Gasteiger partial charge on any atom is -0.480 e. The molecule has 0 saturated heterocycles. The fraction of sp³-hybridized carbons (Fsp3) is 0.389. The Bertz CT molecular complexity index is 695. The van der Waals surface area contributed by atoms with Crippen LogP contribution >= 0.6 is 0 Å². The van der Waals surface area contributed by atoms with E-state index < -0.39 is 17.9 Å². The molecule has 128 valence electrons. The highest BCUT2D eigenvalue weighted by atomic mass is 16.4. The largest absolute Gasteiger partial charge is 0.480 e. The van der Waals surface area contributed by atoms with E-state index in [9.17, 15) is 14.7 Å². The highest BCUT2D eigenvalue weighted by molar-refractivity contribution is 5.97. The quantitative estimate of drug-likeness (QED) is 0.780. The molecule has 24 heavy (non-hydrogen) atoms. The lowest BCUT2D eigenvalue weighted by Crippen LogP contribution is -2.40. The second-order valence-corrected chi connectivity index (χ2v) is 5.79. The lowest BCUT2D eigenvalue weighted by atomic mass is 10.1. The number of aliphatic carboxylic acids is 1. The Hall–Kier alpha value is -2.63. The van der Waals surface area contributed by atoms with Gasteiger partial charge in [-0.15, -0.1) is 0 Å². The molecule has 2 rings (SSSR count). The predicted octanol–water partition coefficient (Wildman–Crippen LogP) is 2.61. The van der Waals surface area contributed by atoms with Crippen molar-refractivity contribution >= 4 is 11.9 Å². The highest BCUT2D eigenvalue weighted by Gasteiger charge is 2.22. The number of aromatic nitrogens is 2. The number of hydrogen-bond donors (Lipinski definition) is 2. The Morgan fingerprint density at radius 2 is 2.00 bits per heavy atom. The number of amides is 1. The fourth-order valence-electron chi connectivity index (χ4n) is 2.49. The molecule has 0 aliphatic carbocycles. The number of nitrogens with one attached hydrogen (secondary N) is 1. The van der Waals surface area contributed by atoms with E-state index in [0.717, 1.165) is 24.1 Å². The molecule has 1 atom stereocenters. The second-order valence-electron chi connectivity index (χ2n) is 5.79. The number of carboxylic acids is 1. The third-order valence-corrected chi connectivity index (χ3v) is 3.97. The van der Waals surface area contributed by atoms with E-state index in [2.05, 4.69) is 10.4 Å². The average molecular weight is 329 g/mol. The van der Waals surface area contributed by atoms with E-state index in [1.807, 2.05) is 44.2 Å². The first-order valence-electron chi connectivity index (χ1n) is 8.13. The van der Waals surface area contributed by atoms with Gasteiger partial charge in [-0.2, -0.15) is 5.10 Å². The van der Waals surface area contributed by atoms with Gasteiger partial charge in [0, 0.05) is 5.69 Å². The molecular weight excluding hydrogens is 306 g/mol. The van der Waals surface area contributed by atoms with Crippen LogP contribution in [0.4, 0.5) is 0 Å². The summed E-state index contributed by atoms with van der Waals surface area (Å²) in [4.78, 5) is 23.6. The monoisotopic (exact) mass is 329 g/mol. The Balaban J connectivity index is 2.08. The van der Waals surface area contributed by atoms with Gasteiger partial charge in [0.1, 0.15) is 6.04 Å². The molecule has 2 aromatic rings. The van der Waals surface area contributed by atoms with Crippen LogP contribution in [0.2, 0.25) is 0 Å². The zero-order valence-electron chi connectivity index (χ0n) is 14.0. The van der Waals surface area contributed by atoms with E-state index >= 15 is 0 Å². The third kappa shape index (κ3) is 4.44. The number of rotatable bonds is 8. The summed E-state index contributed by atoms with van der Waals surface area (Å²) in [6.45, 7) is 4.36. The number of carbonyl (C=O) groups excluding carboxylic acids is 1. The van der Waals surface area contributed by atoms with Crippen LogP contribution in [0.5, 0.6) is 0 Å². The van der Waals surface area contributed by atoms with Gasteiger partial charge in [-0.25, -0.2) is 4.79 Å². The maximum atomic E-state index is 12.4. The van der Waals surface area contributed by atoms with E-state index in [-0.39, 0.29) is 0 Å². The van der Waals surface area contributed by atoms with Gasteiger partial charge in [-0.1, -0.05) is 50.1 Å². The van der Waals surface area contributed by atoms with Gasteiger partial charge < -0.3 is 10.4 Å². The van der Waals surface area contributed by atoms with Crippen molar-refractivity contribution < 1.29 is 14.7 Å². The molecule has 1 amide bonds. The number of benzene rings is 1. The summed E-state index contributed by atoms with van der Waals surface area (Å²) in [6, 6.07) is 8.97. The Morgan fingerprint density at radius 3 is 2.62 bits per heavy atom. The maximum absolute atomic E-state index is 12.4. The first kappa shape index (κ1) is 17.7. The molecule has 1 aromatic heterocycles. The normalized spacial score (nSPS) is 11.9. The highest BCUT2D eigenvalue weighted by Crippen LogP contribution is 2.11. The van der Waals surface area contributed by atoms with Crippen LogP contribution in [0.3, 0.4) is 0 Å². The molecule has 6 nitrogen and oxygen atoms in total. The minimum absolute atomic E-state index is 0.393. The Kier molecular flexibility index (Phi) is 6.12. The number of carbonyl (C=O) groups is 2. The Morgan fingerprint density at radius 1 is 1.29 bits per heavy atom. The van der Waals surface area contributed by atoms with Crippen molar-refractivity contribution in [2.75, 3.05) is 0 Å². The van der Waals surface area contributed by atoms with Gasteiger partial charge in [-0.3, -0.25) is 9.48 Å². The van der Waals surface area contributed by atoms with Crippen molar-refractivity contribution in [3.8, 4) is 0 Å². The first-order chi connectivity index (χ1) is 11.5. The van der Waals surface area contributed by atoms with Gasteiger partial charge in [-0.05, 0) is 18.9 Å². The topological polar surface area (TPSA) is 84.2 Å². The van der Waals surface area contributed by atoms with Crippen LogP contribution < -0.4 is 5.32 Å². The van der Waals surface area contributed by atoms with E-state index in [1.165, 1.54) is 6.20 Å². The van der Waals surface area contributed by atoms with Gasteiger partial charge in [0.2, 0.25) is 0 Å². The first-order valence-corrected chi connectivity index (χ1v) is 8.13. The van der Waals surface area contributed by atoms with Crippen LogP contribution in [0.1, 0.15) is 47.8 Å². The summed E-state index contributed by atoms with van der Waals surface area (Å²) in [7, 11) is 0. The number of unbranched alkanes of at least 4 members (excludes halogenated alkanes) is 1. The van der Waals surface area contributed by atoms with E-state index in [1.54, 1.807) is 4.68 Å². The maximum Gasteiger partial charge on any atom is 0.326 e. The lowest BCUT2D eigenvalue weighted by molar-refractivity contribution is -0.139. The summed E-state index contributed by atoms with van der Waals surface area (Å²) in [6.07, 6.45) is 3.55. The van der Waals surface area contributed by atoms with E-state index in [4.69, 9.17) is 0 Å². The molecule has 6 heteroatoms. The zero-order valence-corrected chi connectivity index (χ0v) is 14.0. The summed E-state index contributed by atoms with van der Waals surface area (Å²) in [5, 5.41) is 16.1. The molecule has 1 aromatic carbocycles. The van der Waals surface area contributed by atoms with Crippen molar-refractivity contribution in [2.45, 2.75) is 45.7 Å². The van der Waals surface area contributed by atoms with Gasteiger partial charge in [0.15, 0.2) is 0 Å². The molecule has 0 radical (unpaired) electrons. The van der Waals surface area contributed by atoms with Crippen molar-refractivity contribution in [2.24, 2.45) is 0 Å². The lowest BCUT2D eigenvalue weighted by Gasteiger charge is -2.14. The summed E-state index contributed by atoms with van der Waals surface area (Å²) in [5.41, 5.74) is 2.21. The second kappa shape index (κ2) is 8.29. The SMILES string of the molecule is CCCCC(NC(=O)c1cnn(Cc2ccccc2)c1C)C(=O)O. The van der Waals surface area contributed by atoms with Crippen LogP contribution in [0.25, 0.3) is 0 Å². The fourth-order valence-corrected chi connectivity index (χ4v) is 2.49. The molecule has 2 N–H and O–H groups in total. The predicted molar refractivity (Wildman–Crippen MR) is 90.9 cm³/mol. The van der Waals surface area contributed by atoms with Gasteiger partial charge in [0.05, 0.1) is 18.3 Å². The molecule has 0 aliphatic heterocycles. The smallest absolute Gasteiger partial charge is 0.326 e. The molecule has 1 heterocycles. The summed E-state index contributed by atoms with van der Waals surface area (Å²) < 4.78 is 1.74. The van der Waals surface area contributed by atoms with Gasteiger partial charge in [0.25, 0.3) is 5.91 Å². The number of hydrogen-bond acceptors (Lipinski definition) is 3. The molecule has 0 spiro atoms. The van der Waals surface area contributed by atoms with Crippen molar-refractivity contribution in [3.05, 3.63) is 53.3 Å². The summed E-state index contributed by atoms with van der Waals surface area (Å²) in [5.74, 6) is -1.40. The molecule has 0 aliphatic rings. The van der Waals surface area contributed by atoms with Crippen molar-refractivity contribution in [1.29, 1.82) is 0 Å². The molecule has 0 fully saturated rings. The minimum atomic E-state index is -1.01. The van der Waals surface area contributed by atoms with E-state index in [0.29, 0.717) is 18.5 Å². The van der Waals surface area contributed by atoms with Crippen molar-refractivity contribution in [1.82, 2.24) is 15.1 Å². The zero-order chi connectivity index (χ0) is 17.5. The van der Waals surface area contributed by atoms with Crippen LogP contribution in [0.15, 0.2) is 36.5 Å². The molecule has 0 bridgehead atoms. The van der Waals surface area contributed by atoms with Crippen LogP contribution in [0, 0.1) is 6.92 Å². The molecule has 0 saturated carbocycles. The van der Waals surface area contributed by atoms with Crippen LogP contribution in [-0.2, 0) is 11.3 Å². The Labute approximate surface area is 141 Å². The molecule has 1 unspecified atom stereocenters. The standard InChI is InChI=1S/C18H23N3O3/c1-3-4-10-16(18(23)24)20-17(22)15-11-19-21(13(15)2)12-14-8-6-5-7-9-14/h5-9,11,16H,3-4,10,12H2,1-2H3,(H,20,22)(H,23,24). The number of carboxylic acid groups (broad SMARTS) is 1. The third-order valence-electron chi connectivity index (χ3n) is 3.97. The number of nitrogens with zero attached hydrogens (tertiary/aromatic N) is 2. The molecular formula is C18H23N3O3.